The zero-order chi connectivity index (χ0) is 12.8. The van der Waals surface area contributed by atoms with E-state index in [0.717, 1.165) is 18.2 Å². The van der Waals surface area contributed by atoms with Crippen LogP contribution in [0.4, 0.5) is 10.1 Å². The van der Waals surface area contributed by atoms with Crippen LogP contribution in [0, 0.1) is 5.82 Å². The number of amides is 1. The summed E-state index contributed by atoms with van der Waals surface area (Å²) in [6, 6.07) is 4.16. The minimum absolute atomic E-state index is 0.0528. The van der Waals surface area contributed by atoms with E-state index in [1.165, 1.54) is 12.1 Å². The summed E-state index contributed by atoms with van der Waals surface area (Å²) in [5, 5.41) is 2.82. The molecule has 1 aromatic carbocycles. The van der Waals surface area contributed by atoms with Crippen LogP contribution >= 0.6 is 11.8 Å². The van der Waals surface area contributed by atoms with Crippen molar-refractivity contribution in [3.8, 4) is 0 Å². The first-order valence-electron chi connectivity index (χ1n) is 5.39. The van der Waals surface area contributed by atoms with Crippen molar-refractivity contribution in [2.75, 3.05) is 17.7 Å². The molecule has 5 heteroatoms. The third-order valence-electron chi connectivity index (χ3n) is 2.40. The maximum Gasteiger partial charge on any atom is 0.251 e. The molecule has 0 aliphatic heterocycles. The molecule has 1 amide bonds. The van der Waals surface area contributed by atoms with Crippen molar-refractivity contribution < 1.29 is 9.18 Å². The normalized spacial score (nSPS) is 12.2. The van der Waals surface area contributed by atoms with Gasteiger partial charge in [0.2, 0.25) is 0 Å². The molecule has 17 heavy (non-hydrogen) atoms. The first-order chi connectivity index (χ1) is 8.04. The molecule has 0 radical (unpaired) electrons. The van der Waals surface area contributed by atoms with Crippen molar-refractivity contribution in [3.05, 3.63) is 29.6 Å². The molecule has 0 fully saturated rings. The molecular formula is C12H17FN2OS. The van der Waals surface area contributed by atoms with E-state index in [4.69, 9.17) is 5.73 Å². The van der Waals surface area contributed by atoms with E-state index in [9.17, 15) is 9.18 Å². The third kappa shape index (κ3) is 4.26. The van der Waals surface area contributed by atoms with Gasteiger partial charge in [-0.2, -0.15) is 11.8 Å². The second-order valence-corrected chi connectivity index (χ2v) is 4.88. The Morgan fingerprint density at radius 3 is 2.88 bits per heavy atom. The third-order valence-corrected chi connectivity index (χ3v) is 3.04. The van der Waals surface area contributed by atoms with Crippen LogP contribution in [0.1, 0.15) is 23.7 Å². The highest BCUT2D eigenvalue weighted by Gasteiger charge is 2.11. The van der Waals surface area contributed by atoms with Gasteiger partial charge in [-0.1, -0.05) is 0 Å². The summed E-state index contributed by atoms with van der Waals surface area (Å²) in [6.45, 7) is 1.93. The molecule has 0 saturated carbocycles. The predicted molar refractivity (Wildman–Crippen MR) is 70.7 cm³/mol. The van der Waals surface area contributed by atoms with Gasteiger partial charge < -0.3 is 11.1 Å². The van der Waals surface area contributed by atoms with Gasteiger partial charge in [-0.05, 0) is 43.6 Å². The Balaban J connectivity index is 2.60. The van der Waals surface area contributed by atoms with Gasteiger partial charge in [-0.3, -0.25) is 4.79 Å². The van der Waals surface area contributed by atoms with E-state index in [1.54, 1.807) is 11.8 Å². The Morgan fingerprint density at radius 1 is 1.59 bits per heavy atom. The summed E-state index contributed by atoms with van der Waals surface area (Å²) in [7, 11) is 0. The number of benzene rings is 1. The van der Waals surface area contributed by atoms with Crippen LogP contribution in [0.25, 0.3) is 0 Å². The highest BCUT2D eigenvalue weighted by Crippen LogP contribution is 2.12. The minimum Gasteiger partial charge on any atom is -0.396 e. The van der Waals surface area contributed by atoms with Crippen LogP contribution in [0.15, 0.2) is 18.2 Å². The van der Waals surface area contributed by atoms with Gasteiger partial charge in [0.05, 0.1) is 5.69 Å². The molecule has 0 heterocycles. The van der Waals surface area contributed by atoms with E-state index in [0.29, 0.717) is 5.56 Å². The lowest BCUT2D eigenvalue weighted by Crippen LogP contribution is -2.33. The zero-order valence-electron chi connectivity index (χ0n) is 10.00. The lowest BCUT2D eigenvalue weighted by atomic mass is 10.1. The number of carbonyl (C=O) groups is 1. The smallest absolute Gasteiger partial charge is 0.251 e. The van der Waals surface area contributed by atoms with Crippen molar-refractivity contribution in [2.45, 2.75) is 19.4 Å². The van der Waals surface area contributed by atoms with E-state index in [2.05, 4.69) is 5.32 Å². The second-order valence-electron chi connectivity index (χ2n) is 3.89. The quantitative estimate of drug-likeness (QED) is 0.795. The van der Waals surface area contributed by atoms with Crippen LogP contribution in [0.5, 0.6) is 0 Å². The number of nitrogens with one attached hydrogen (secondary N) is 1. The number of rotatable bonds is 5. The fourth-order valence-corrected chi connectivity index (χ4v) is 1.93. The Kier molecular flexibility index (Phi) is 5.28. The SMILES string of the molecule is CSCCC(C)NC(=O)c1ccc(N)c(F)c1. The topological polar surface area (TPSA) is 55.1 Å². The highest BCUT2D eigenvalue weighted by molar-refractivity contribution is 7.98. The van der Waals surface area contributed by atoms with Crippen LogP contribution in [0.3, 0.4) is 0 Å². The summed E-state index contributed by atoms with van der Waals surface area (Å²) >= 11 is 1.73. The molecule has 0 bridgehead atoms. The van der Waals surface area contributed by atoms with Crippen LogP contribution < -0.4 is 11.1 Å². The number of anilines is 1. The monoisotopic (exact) mass is 256 g/mol. The number of halogens is 1. The Labute approximate surface area is 105 Å². The number of nitrogen functional groups attached to an aromatic ring is 1. The standard InChI is InChI=1S/C12H17FN2OS/c1-8(5-6-17-2)15-12(16)9-3-4-11(14)10(13)7-9/h3-4,7-8H,5-6,14H2,1-2H3,(H,15,16). The van der Waals surface area contributed by atoms with Crippen molar-refractivity contribution in [3.63, 3.8) is 0 Å². The summed E-state index contributed by atoms with van der Waals surface area (Å²) in [6.07, 6.45) is 2.91. The minimum atomic E-state index is -0.561. The van der Waals surface area contributed by atoms with E-state index >= 15 is 0 Å². The average Bonchev–Trinajstić information content (AvgIpc) is 2.30. The van der Waals surface area contributed by atoms with E-state index in [-0.39, 0.29) is 17.6 Å². The first-order valence-corrected chi connectivity index (χ1v) is 6.78. The summed E-state index contributed by atoms with van der Waals surface area (Å²) in [4.78, 5) is 11.8. The summed E-state index contributed by atoms with van der Waals surface area (Å²) in [5.41, 5.74) is 5.70. The molecule has 3 nitrogen and oxygen atoms in total. The lowest BCUT2D eigenvalue weighted by Gasteiger charge is -2.13. The second kappa shape index (κ2) is 6.49. The van der Waals surface area contributed by atoms with Gasteiger partial charge in [0.15, 0.2) is 0 Å². The van der Waals surface area contributed by atoms with Gasteiger partial charge >= 0.3 is 0 Å². The molecule has 0 spiro atoms. The molecule has 0 aliphatic carbocycles. The maximum absolute atomic E-state index is 13.2. The summed E-state index contributed by atoms with van der Waals surface area (Å²) in [5.74, 6) is 0.157. The predicted octanol–water partition coefficient (Wildman–Crippen LogP) is 2.28. The molecule has 1 unspecified atom stereocenters. The molecule has 0 saturated heterocycles. The van der Waals surface area contributed by atoms with Crippen molar-refractivity contribution in [1.29, 1.82) is 0 Å². The molecule has 0 aliphatic rings. The molecule has 1 aromatic rings. The number of hydrogen-bond donors (Lipinski definition) is 2. The number of nitrogens with two attached hydrogens (primary N) is 1. The number of carbonyl (C=O) groups excluding carboxylic acids is 1. The van der Waals surface area contributed by atoms with E-state index < -0.39 is 5.82 Å². The molecule has 1 rings (SSSR count). The Morgan fingerprint density at radius 2 is 2.29 bits per heavy atom. The van der Waals surface area contributed by atoms with Crippen molar-refractivity contribution in [1.82, 2.24) is 5.32 Å². The fraction of sp³-hybridized carbons (Fsp3) is 0.417. The highest BCUT2D eigenvalue weighted by atomic mass is 32.2. The van der Waals surface area contributed by atoms with E-state index in [1.807, 2.05) is 13.2 Å². The summed E-state index contributed by atoms with van der Waals surface area (Å²) < 4.78 is 13.2. The van der Waals surface area contributed by atoms with Gasteiger partial charge in [-0.15, -0.1) is 0 Å². The zero-order valence-corrected chi connectivity index (χ0v) is 10.8. The maximum atomic E-state index is 13.2. The largest absolute Gasteiger partial charge is 0.396 e. The fourth-order valence-electron chi connectivity index (χ4n) is 1.34. The molecule has 3 N–H and O–H groups in total. The lowest BCUT2D eigenvalue weighted by molar-refractivity contribution is 0.0939. The Bertz CT molecular complexity index is 398. The molecule has 94 valence electrons. The first kappa shape index (κ1) is 13.8. The number of hydrogen-bond acceptors (Lipinski definition) is 3. The molecular weight excluding hydrogens is 239 g/mol. The number of thioether (sulfide) groups is 1. The van der Waals surface area contributed by atoms with Crippen LogP contribution in [0.2, 0.25) is 0 Å². The van der Waals surface area contributed by atoms with Gasteiger partial charge in [0.1, 0.15) is 5.82 Å². The molecule has 1 atom stereocenters. The average molecular weight is 256 g/mol. The van der Waals surface area contributed by atoms with Gasteiger partial charge in [0.25, 0.3) is 5.91 Å². The van der Waals surface area contributed by atoms with Gasteiger partial charge in [-0.25, -0.2) is 4.39 Å². The Hall–Kier alpha value is -1.23. The van der Waals surface area contributed by atoms with Gasteiger partial charge in [0, 0.05) is 11.6 Å². The van der Waals surface area contributed by atoms with Crippen LogP contribution in [-0.4, -0.2) is 24.0 Å². The van der Waals surface area contributed by atoms with Crippen molar-refractivity contribution in [2.24, 2.45) is 0 Å². The van der Waals surface area contributed by atoms with Crippen molar-refractivity contribution >= 4 is 23.4 Å². The van der Waals surface area contributed by atoms with Crippen LogP contribution in [-0.2, 0) is 0 Å². The molecule has 0 aromatic heterocycles.